The van der Waals surface area contributed by atoms with Gasteiger partial charge in [-0.15, -0.1) is 11.8 Å². The van der Waals surface area contributed by atoms with E-state index in [2.05, 4.69) is 29.4 Å². The molecular weight excluding hydrogens is 244 g/mol. The summed E-state index contributed by atoms with van der Waals surface area (Å²) >= 11 is 1.99. The molecule has 2 N–H and O–H groups in total. The fourth-order valence-electron chi connectivity index (χ4n) is 2.38. The third kappa shape index (κ3) is 2.38. The number of nitrogen functional groups attached to an aromatic ring is 1. The van der Waals surface area contributed by atoms with E-state index in [-0.39, 0.29) is 0 Å². The predicted molar refractivity (Wildman–Crippen MR) is 74.5 cm³/mol. The van der Waals surface area contributed by atoms with Crippen LogP contribution < -0.4 is 5.73 Å². The molecule has 0 amide bonds. The van der Waals surface area contributed by atoms with Crippen LogP contribution in [0.25, 0.3) is 11.1 Å². The monoisotopic (exact) mass is 260 g/mol. The summed E-state index contributed by atoms with van der Waals surface area (Å²) in [7, 11) is 0. The molecule has 3 rings (SSSR count). The average Bonchev–Trinajstić information content (AvgIpc) is 3.02. The first kappa shape index (κ1) is 11.7. The highest BCUT2D eigenvalue weighted by Crippen LogP contribution is 2.35. The van der Waals surface area contributed by atoms with Crippen LogP contribution in [0.3, 0.4) is 0 Å². The Balaban J connectivity index is 1.74. The van der Waals surface area contributed by atoms with Crippen molar-refractivity contribution in [3.63, 3.8) is 0 Å². The molecule has 94 valence electrons. The molecular formula is C14H16N2OS. The van der Waals surface area contributed by atoms with Crippen LogP contribution in [0.5, 0.6) is 0 Å². The van der Waals surface area contributed by atoms with E-state index in [1.165, 1.54) is 30.6 Å². The molecule has 1 aliphatic rings. The summed E-state index contributed by atoms with van der Waals surface area (Å²) < 4.78 is 4.88. The maximum absolute atomic E-state index is 5.71. The maximum atomic E-state index is 5.71. The second kappa shape index (κ2) is 5.06. The van der Waals surface area contributed by atoms with Gasteiger partial charge >= 0.3 is 0 Å². The molecule has 1 saturated carbocycles. The summed E-state index contributed by atoms with van der Waals surface area (Å²) in [6.45, 7) is 0. The lowest BCUT2D eigenvalue weighted by molar-refractivity contribution is 0.436. The van der Waals surface area contributed by atoms with E-state index in [9.17, 15) is 0 Å². The van der Waals surface area contributed by atoms with Crippen LogP contribution in [-0.4, -0.2) is 10.4 Å². The smallest absolute Gasteiger partial charge is 0.229 e. The van der Waals surface area contributed by atoms with E-state index in [4.69, 9.17) is 10.3 Å². The molecule has 1 heterocycles. The maximum Gasteiger partial charge on any atom is 0.229 e. The Kier molecular flexibility index (Phi) is 3.28. The number of hydrogen-bond acceptors (Lipinski definition) is 4. The minimum Gasteiger partial charge on any atom is -0.367 e. The molecule has 1 aromatic carbocycles. The number of nitrogens with zero attached hydrogens (tertiary/aromatic N) is 1. The molecule has 1 aliphatic carbocycles. The summed E-state index contributed by atoms with van der Waals surface area (Å²) in [4.78, 5) is 1.33. The van der Waals surface area contributed by atoms with E-state index >= 15 is 0 Å². The van der Waals surface area contributed by atoms with Gasteiger partial charge in [-0.1, -0.05) is 30.1 Å². The highest BCUT2D eigenvalue weighted by molar-refractivity contribution is 8.00. The van der Waals surface area contributed by atoms with Crippen LogP contribution in [0, 0.1) is 0 Å². The first-order chi connectivity index (χ1) is 8.83. The van der Waals surface area contributed by atoms with Gasteiger partial charge in [0.2, 0.25) is 5.88 Å². The zero-order valence-electron chi connectivity index (χ0n) is 10.1. The minimum atomic E-state index is 0.381. The molecule has 1 aromatic heterocycles. The molecule has 18 heavy (non-hydrogen) atoms. The lowest BCUT2D eigenvalue weighted by Crippen LogP contribution is -1.92. The molecule has 0 atom stereocenters. The van der Waals surface area contributed by atoms with Crippen molar-refractivity contribution < 1.29 is 4.52 Å². The van der Waals surface area contributed by atoms with Crippen molar-refractivity contribution in [3.05, 3.63) is 30.5 Å². The molecule has 0 saturated heterocycles. The van der Waals surface area contributed by atoms with Gasteiger partial charge in [0.25, 0.3) is 0 Å². The molecule has 0 bridgehead atoms. The first-order valence-corrected chi connectivity index (χ1v) is 7.18. The van der Waals surface area contributed by atoms with Gasteiger partial charge < -0.3 is 10.3 Å². The van der Waals surface area contributed by atoms with Crippen LogP contribution >= 0.6 is 11.8 Å². The normalized spacial score (nSPS) is 16.2. The highest BCUT2D eigenvalue weighted by Gasteiger charge is 2.16. The Hall–Kier alpha value is -1.42. The lowest BCUT2D eigenvalue weighted by atomic mass is 10.1. The van der Waals surface area contributed by atoms with Crippen LogP contribution in [0.15, 0.2) is 39.9 Å². The van der Waals surface area contributed by atoms with Crippen LogP contribution in [-0.2, 0) is 0 Å². The zero-order valence-corrected chi connectivity index (χ0v) is 11.0. The molecule has 0 aliphatic heterocycles. The van der Waals surface area contributed by atoms with Gasteiger partial charge in [-0.3, -0.25) is 0 Å². The van der Waals surface area contributed by atoms with Gasteiger partial charge in [-0.25, -0.2) is 0 Å². The summed E-state index contributed by atoms with van der Waals surface area (Å²) in [5.74, 6) is 0.381. The van der Waals surface area contributed by atoms with Gasteiger partial charge in [0.05, 0.1) is 11.8 Å². The molecule has 0 unspecified atom stereocenters. The third-order valence-corrected chi connectivity index (χ3v) is 4.72. The summed E-state index contributed by atoms with van der Waals surface area (Å²) in [6, 6.07) is 8.48. The van der Waals surface area contributed by atoms with Crippen molar-refractivity contribution in [1.29, 1.82) is 0 Å². The number of thioether (sulfide) groups is 1. The number of anilines is 1. The summed E-state index contributed by atoms with van der Waals surface area (Å²) in [6.07, 6.45) is 7.13. The van der Waals surface area contributed by atoms with E-state index in [1.807, 2.05) is 11.8 Å². The van der Waals surface area contributed by atoms with Gasteiger partial charge in [-0.05, 0) is 30.5 Å². The topological polar surface area (TPSA) is 52.0 Å². The Labute approximate surface area is 111 Å². The van der Waals surface area contributed by atoms with Crippen molar-refractivity contribution >= 4 is 17.6 Å². The van der Waals surface area contributed by atoms with Crippen LogP contribution in [0.1, 0.15) is 25.7 Å². The van der Waals surface area contributed by atoms with Gasteiger partial charge in [0.1, 0.15) is 0 Å². The number of benzene rings is 1. The van der Waals surface area contributed by atoms with Gasteiger partial charge in [0.15, 0.2) is 0 Å². The lowest BCUT2D eigenvalue weighted by Gasteiger charge is -2.08. The molecule has 2 aromatic rings. The number of aromatic nitrogens is 1. The fourth-order valence-corrected chi connectivity index (χ4v) is 3.62. The molecule has 4 heteroatoms. The predicted octanol–water partition coefficient (Wildman–Crippen LogP) is 3.96. The average molecular weight is 260 g/mol. The first-order valence-electron chi connectivity index (χ1n) is 6.30. The van der Waals surface area contributed by atoms with Crippen molar-refractivity contribution in [2.45, 2.75) is 35.8 Å². The van der Waals surface area contributed by atoms with Crippen LogP contribution in [0.4, 0.5) is 5.88 Å². The second-order valence-corrected chi connectivity index (χ2v) is 6.03. The number of nitrogens with two attached hydrogens (primary N) is 1. The van der Waals surface area contributed by atoms with Gasteiger partial charge in [-0.2, -0.15) is 0 Å². The van der Waals surface area contributed by atoms with Crippen molar-refractivity contribution in [1.82, 2.24) is 5.16 Å². The fraction of sp³-hybridized carbons (Fsp3) is 0.357. The van der Waals surface area contributed by atoms with Crippen molar-refractivity contribution in [2.24, 2.45) is 0 Å². The minimum absolute atomic E-state index is 0.381. The Bertz CT molecular complexity index is 515. The highest BCUT2D eigenvalue weighted by atomic mass is 32.2. The third-order valence-electron chi connectivity index (χ3n) is 3.37. The van der Waals surface area contributed by atoms with Crippen molar-refractivity contribution in [2.75, 3.05) is 5.73 Å². The Morgan fingerprint density at radius 1 is 1.17 bits per heavy atom. The van der Waals surface area contributed by atoms with E-state index in [1.54, 1.807) is 6.20 Å². The van der Waals surface area contributed by atoms with Crippen LogP contribution in [0.2, 0.25) is 0 Å². The standard InChI is InChI=1S/C14H16N2OS/c15-14-13(9-16-17-14)10-5-7-12(8-6-10)18-11-3-1-2-4-11/h5-9,11H,1-4,15H2. The molecule has 1 fully saturated rings. The van der Waals surface area contributed by atoms with Crippen molar-refractivity contribution in [3.8, 4) is 11.1 Å². The Morgan fingerprint density at radius 2 is 1.89 bits per heavy atom. The Morgan fingerprint density at radius 3 is 2.50 bits per heavy atom. The number of rotatable bonds is 3. The SMILES string of the molecule is Nc1oncc1-c1ccc(SC2CCCC2)cc1. The molecule has 0 spiro atoms. The molecule has 0 radical (unpaired) electrons. The quantitative estimate of drug-likeness (QED) is 0.907. The van der Waals surface area contributed by atoms with E-state index < -0.39 is 0 Å². The summed E-state index contributed by atoms with van der Waals surface area (Å²) in [5, 5.41) is 4.50. The van der Waals surface area contributed by atoms with Gasteiger partial charge in [0, 0.05) is 10.1 Å². The molecule has 3 nitrogen and oxygen atoms in total. The second-order valence-electron chi connectivity index (χ2n) is 4.65. The number of hydrogen-bond donors (Lipinski definition) is 1. The zero-order chi connectivity index (χ0) is 12.4. The van der Waals surface area contributed by atoms with E-state index in [0.717, 1.165) is 16.4 Å². The summed E-state index contributed by atoms with van der Waals surface area (Å²) in [5.41, 5.74) is 7.64. The van der Waals surface area contributed by atoms with E-state index in [0.29, 0.717) is 5.88 Å². The largest absolute Gasteiger partial charge is 0.367 e.